The van der Waals surface area contributed by atoms with Gasteiger partial charge in [0.05, 0.1) is 33.5 Å². The second kappa shape index (κ2) is 12.7. The minimum Gasteiger partial charge on any atom is -0.412 e. The van der Waals surface area contributed by atoms with Crippen molar-refractivity contribution in [2.45, 2.75) is 35.7 Å². The van der Waals surface area contributed by atoms with Crippen molar-refractivity contribution in [3.63, 3.8) is 0 Å². The van der Waals surface area contributed by atoms with Crippen molar-refractivity contribution in [1.29, 1.82) is 0 Å². The average Bonchev–Trinajstić information content (AvgIpc) is 3.52. The lowest BCUT2D eigenvalue weighted by Gasteiger charge is -1.99. The van der Waals surface area contributed by atoms with Crippen molar-refractivity contribution in [3.05, 3.63) is 95.3 Å². The van der Waals surface area contributed by atoms with Crippen LogP contribution < -0.4 is 11.5 Å². The van der Waals surface area contributed by atoms with Crippen molar-refractivity contribution in [3.8, 4) is 0 Å². The van der Waals surface area contributed by atoms with Gasteiger partial charge in [-0.3, -0.25) is 0 Å². The molecule has 11 heteroatoms. The maximum atomic E-state index is 5.66. The van der Waals surface area contributed by atoms with Gasteiger partial charge in [0.15, 0.2) is 10.3 Å². The van der Waals surface area contributed by atoms with E-state index in [-0.39, 0.29) is 5.48 Å². The molecule has 0 radical (unpaired) electrons. The molecular formula is C28H30N8OS2. The summed E-state index contributed by atoms with van der Waals surface area (Å²) < 4.78 is 0. The van der Waals surface area contributed by atoms with Crippen molar-refractivity contribution in [1.82, 2.24) is 29.9 Å². The van der Waals surface area contributed by atoms with Gasteiger partial charge in [0, 0.05) is 11.5 Å². The molecule has 0 spiro atoms. The third-order valence-electron chi connectivity index (χ3n) is 5.76. The van der Waals surface area contributed by atoms with E-state index in [9.17, 15) is 0 Å². The monoisotopic (exact) mass is 558 g/mol. The number of benzene rings is 2. The van der Waals surface area contributed by atoms with Gasteiger partial charge in [0.2, 0.25) is 0 Å². The largest absolute Gasteiger partial charge is 0.412 e. The minimum absolute atomic E-state index is 0. The van der Waals surface area contributed by atoms with Gasteiger partial charge in [0.1, 0.15) is 11.6 Å². The van der Waals surface area contributed by atoms with Crippen LogP contribution in [0.1, 0.15) is 22.5 Å². The van der Waals surface area contributed by atoms with Crippen LogP contribution >= 0.6 is 23.5 Å². The molecule has 8 N–H and O–H groups in total. The van der Waals surface area contributed by atoms with E-state index in [0.717, 1.165) is 55.3 Å². The highest BCUT2D eigenvalue weighted by atomic mass is 32.2. The van der Waals surface area contributed by atoms with Gasteiger partial charge in [-0.25, -0.2) is 19.9 Å². The third-order valence-corrected chi connectivity index (χ3v) is 7.57. The molecule has 0 fully saturated rings. The zero-order valence-corrected chi connectivity index (χ0v) is 23.2. The zero-order chi connectivity index (χ0) is 26.5. The number of aromatic nitrogens is 6. The lowest BCUT2D eigenvalue weighted by atomic mass is 10.2. The molecule has 2 aromatic carbocycles. The van der Waals surface area contributed by atoms with Crippen LogP contribution in [-0.2, 0) is 11.5 Å². The Morgan fingerprint density at radius 1 is 0.590 bits per heavy atom. The Labute approximate surface area is 234 Å². The van der Waals surface area contributed by atoms with E-state index in [0.29, 0.717) is 11.6 Å². The van der Waals surface area contributed by atoms with Crippen LogP contribution in [-0.4, -0.2) is 35.4 Å². The predicted molar refractivity (Wildman–Crippen MR) is 162 cm³/mol. The molecule has 0 aliphatic heterocycles. The fourth-order valence-corrected chi connectivity index (χ4v) is 5.45. The van der Waals surface area contributed by atoms with Crippen LogP contribution in [0, 0.1) is 13.8 Å². The topological polar surface area (TPSA) is 167 Å². The molecule has 0 atom stereocenters. The molecule has 0 aliphatic carbocycles. The molecule has 9 nitrogen and oxygen atoms in total. The van der Waals surface area contributed by atoms with Crippen LogP contribution in [0.4, 0.5) is 11.6 Å². The van der Waals surface area contributed by atoms with E-state index in [1.807, 2.05) is 48.5 Å². The third kappa shape index (κ3) is 7.08. The average molecular weight is 559 g/mol. The summed E-state index contributed by atoms with van der Waals surface area (Å²) in [6.45, 7) is 4.13. The summed E-state index contributed by atoms with van der Waals surface area (Å²) in [6, 6.07) is 23.6. The smallest absolute Gasteiger partial charge is 0.166 e. The number of rotatable bonds is 6. The van der Waals surface area contributed by atoms with Crippen LogP contribution in [0.5, 0.6) is 0 Å². The minimum atomic E-state index is 0. The Morgan fingerprint density at radius 2 is 1.00 bits per heavy atom. The molecule has 0 bridgehead atoms. The summed E-state index contributed by atoms with van der Waals surface area (Å²) in [7, 11) is 0. The van der Waals surface area contributed by atoms with Gasteiger partial charge in [-0.05, 0) is 61.4 Å². The molecule has 0 amide bonds. The number of thioether (sulfide) groups is 2. The highest BCUT2D eigenvalue weighted by Crippen LogP contribution is 2.25. The first-order valence-electron chi connectivity index (χ1n) is 12.0. The van der Waals surface area contributed by atoms with E-state index in [1.165, 1.54) is 11.1 Å². The van der Waals surface area contributed by atoms with E-state index in [2.05, 4.69) is 55.9 Å². The molecule has 0 aliphatic rings. The number of pyridine rings is 2. The molecule has 6 rings (SSSR count). The van der Waals surface area contributed by atoms with E-state index < -0.39 is 0 Å². The summed E-state index contributed by atoms with van der Waals surface area (Å²) in [6.07, 6.45) is 0. The van der Waals surface area contributed by atoms with Crippen molar-refractivity contribution in [2.75, 3.05) is 11.5 Å². The highest BCUT2D eigenvalue weighted by Gasteiger charge is 2.07. The summed E-state index contributed by atoms with van der Waals surface area (Å²) in [5.74, 6) is 2.62. The van der Waals surface area contributed by atoms with Crippen molar-refractivity contribution < 1.29 is 5.48 Å². The van der Waals surface area contributed by atoms with Gasteiger partial charge < -0.3 is 26.9 Å². The van der Waals surface area contributed by atoms with Crippen molar-refractivity contribution in [2.24, 2.45) is 0 Å². The van der Waals surface area contributed by atoms with Gasteiger partial charge in [-0.15, -0.1) is 0 Å². The predicted octanol–water partition coefficient (Wildman–Crippen LogP) is 5.46. The lowest BCUT2D eigenvalue weighted by Crippen LogP contribution is -1.93. The molecule has 0 saturated carbocycles. The molecule has 6 aromatic rings. The fraction of sp³-hybridized carbons (Fsp3) is 0.143. The summed E-state index contributed by atoms with van der Waals surface area (Å²) in [5.41, 5.74) is 19.8. The Morgan fingerprint density at radius 3 is 1.38 bits per heavy atom. The van der Waals surface area contributed by atoms with E-state index >= 15 is 0 Å². The summed E-state index contributed by atoms with van der Waals surface area (Å²) in [5, 5.41) is 1.82. The maximum Gasteiger partial charge on any atom is 0.166 e. The van der Waals surface area contributed by atoms with Gasteiger partial charge >= 0.3 is 0 Å². The molecular weight excluding hydrogens is 528 g/mol. The maximum absolute atomic E-state index is 5.66. The number of para-hydroxylation sites is 2. The number of H-pyrrole nitrogens is 2. The van der Waals surface area contributed by atoms with Gasteiger partial charge in [-0.1, -0.05) is 59.9 Å². The van der Waals surface area contributed by atoms with Gasteiger partial charge in [0.25, 0.3) is 0 Å². The number of nitrogens with zero attached hydrogens (tertiary/aromatic N) is 4. The number of aromatic amines is 2. The summed E-state index contributed by atoms with van der Waals surface area (Å²) in [4.78, 5) is 24.4. The molecule has 200 valence electrons. The van der Waals surface area contributed by atoms with Crippen molar-refractivity contribution >= 4 is 57.2 Å². The summed E-state index contributed by atoms with van der Waals surface area (Å²) >= 11 is 3.26. The lowest BCUT2D eigenvalue weighted by molar-refractivity contribution is 0.824. The Balaban J connectivity index is 0.000000176. The highest BCUT2D eigenvalue weighted by molar-refractivity contribution is 7.98. The number of nitrogen functional groups attached to an aromatic ring is 2. The number of aryl methyl sites for hydroxylation is 2. The standard InChI is InChI=1S/2C14H14N4S.H2O/c2*1-9-4-2-6-11-13(9)18-14(17-11)19-8-10-5-3-7-12(15)16-10;/h2*2-7H,8H2,1H3,(H2,15,16)(H,17,18);1H2. The first-order chi connectivity index (χ1) is 18.4. The quantitative estimate of drug-likeness (QED) is 0.196. The van der Waals surface area contributed by atoms with Gasteiger partial charge in [-0.2, -0.15) is 0 Å². The SMILES string of the molecule is Cc1cccc2[nH]c(SCc3cccc(N)n3)nc12.Cc1cccc2[nH]c(SCc3cccc(N)n3)nc12.O. The molecule has 0 unspecified atom stereocenters. The first-order valence-corrected chi connectivity index (χ1v) is 14.0. The number of hydrogen-bond donors (Lipinski definition) is 4. The Hall–Kier alpha value is -4.06. The second-order valence-electron chi connectivity index (χ2n) is 8.71. The van der Waals surface area contributed by atoms with E-state index in [1.54, 1.807) is 35.7 Å². The fourth-order valence-electron chi connectivity index (χ4n) is 3.88. The van der Waals surface area contributed by atoms with Crippen LogP contribution in [0.3, 0.4) is 0 Å². The zero-order valence-electron chi connectivity index (χ0n) is 21.6. The molecule has 4 aromatic heterocycles. The Bertz CT molecular complexity index is 1570. The number of nitrogens with one attached hydrogen (secondary N) is 2. The van der Waals surface area contributed by atoms with Crippen LogP contribution in [0.15, 0.2) is 83.1 Å². The number of nitrogens with two attached hydrogens (primary N) is 2. The number of imidazole rings is 2. The van der Waals surface area contributed by atoms with Crippen LogP contribution in [0.2, 0.25) is 0 Å². The first kappa shape index (κ1) is 28.0. The van der Waals surface area contributed by atoms with E-state index in [4.69, 9.17) is 11.5 Å². The molecule has 0 saturated heterocycles. The molecule has 4 heterocycles. The second-order valence-corrected chi connectivity index (χ2v) is 10.6. The van der Waals surface area contributed by atoms with Crippen LogP contribution in [0.25, 0.3) is 22.1 Å². The normalized spacial score (nSPS) is 10.7. The number of anilines is 2. The Kier molecular flexibility index (Phi) is 9.07. The molecule has 39 heavy (non-hydrogen) atoms. The number of hydrogen-bond acceptors (Lipinski definition) is 8. The number of fused-ring (bicyclic) bond motifs is 2.